The van der Waals surface area contributed by atoms with Crippen molar-refractivity contribution in [2.24, 2.45) is 0 Å². The number of carbonyl (C=O) groups excluding carboxylic acids is 4. The third-order valence-corrected chi connectivity index (χ3v) is 8.32. The number of likely N-dealkylation sites (tertiary alicyclic amines) is 1. The monoisotopic (exact) mass is 607 g/mol. The average molecular weight is 608 g/mol. The van der Waals surface area contributed by atoms with Crippen LogP contribution in [0.4, 0.5) is 0 Å². The standard InChI is InChI=1S/C32H41N5O7/c1-21-8-5-13-33-28(21)32(41)36-15-4-3-12-35-30(39)24-19-23(20-37(24)31(40)26-9-6-17-43-26)44-27-18-22(10-11-25(27)42-2)29(38)34-14-7-16-36/h5,8,10-11,13,18,23-24,26H,3-4,6-7,9,12,14-17,19-20H2,1-2H3,(H,34,38)(H,35,39)/t23-,24-,26+/m0/s1. The number of nitrogens with zero attached hydrogens (tertiary/aromatic N) is 3. The quantitative estimate of drug-likeness (QED) is 0.541. The number of aryl methyl sites for hydroxylation is 1. The Labute approximate surface area is 257 Å². The van der Waals surface area contributed by atoms with Crippen LogP contribution < -0.4 is 20.1 Å². The Hall–Kier alpha value is -4.19. The van der Waals surface area contributed by atoms with E-state index in [0.29, 0.717) is 81.2 Å². The summed E-state index contributed by atoms with van der Waals surface area (Å²) in [6.07, 6.45) is 4.11. The molecule has 0 radical (unpaired) electrons. The molecular formula is C32H41N5O7. The Morgan fingerprint density at radius 1 is 1.05 bits per heavy atom. The number of nitrogens with one attached hydrogen (secondary N) is 2. The van der Waals surface area contributed by atoms with Crippen LogP contribution in [0.5, 0.6) is 11.5 Å². The Balaban J connectivity index is 1.36. The van der Waals surface area contributed by atoms with Crippen molar-refractivity contribution in [3.63, 3.8) is 0 Å². The number of benzene rings is 1. The van der Waals surface area contributed by atoms with E-state index in [-0.39, 0.29) is 36.6 Å². The summed E-state index contributed by atoms with van der Waals surface area (Å²) in [6.45, 7) is 4.26. The van der Waals surface area contributed by atoms with E-state index in [9.17, 15) is 19.2 Å². The SMILES string of the molecule is COc1ccc2cc1O[C@H]1C[C@@H](C(=O)NCCCCN(C(=O)c3ncccc3C)CCCNC2=O)N(C(=O)[C@H]2CCCO2)C1. The molecule has 1 aromatic carbocycles. The summed E-state index contributed by atoms with van der Waals surface area (Å²) in [5.74, 6) is -0.116. The second-order valence-corrected chi connectivity index (χ2v) is 11.4. The molecule has 3 aliphatic heterocycles. The number of pyridine rings is 1. The zero-order valence-corrected chi connectivity index (χ0v) is 25.4. The van der Waals surface area contributed by atoms with E-state index in [4.69, 9.17) is 14.2 Å². The molecule has 0 unspecified atom stereocenters. The van der Waals surface area contributed by atoms with Gasteiger partial charge in [0.25, 0.3) is 17.7 Å². The minimum absolute atomic E-state index is 0.165. The number of carbonyl (C=O) groups is 4. The molecule has 236 valence electrons. The van der Waals surface area contributed by atoms with Crippen molar-refractivity contribution in [2.45, 2.75) is 63.7 Å². The van der Waals surface area contributed by atoms with Gasteiger partial charge in [0, 0.05) is 51.0 Å². The topological polar surface area (TPSA) is 139 Å². The summed E-state index contributed by atoms with van der Waals surface area (Å²) in [5.41, 5.74) is 1.58. The molecule has 2 fully saturated rings. The smallest absolute Gasteiger partial charge is 0.272 e. The van der Waals surface area contributed by atoms with Gasteiger partial charge in [-0.1, -0.05) is 6.07 Å². The van der Waals surface area contributed by atoms with Gasteiger partial charge in [-0.25, -0.2) is 0 Å². The number of ether oxygens (including phenoxy) is 3. The van der Waals surface area contributed by atoms with Crippen molar-refractivity contribution in [2.75, 3.05) is 46.4 Å². The Bertz CT molecular complexity index is 1360. The maximum atomic E-state index is 13.4. The summed E-state index contributed by atoms with van der Waals surface area (Å²) in [7, 11) is 1.51. The Morgan fingerprint density at radius 3 is 2.64 bits per heavy atom. The number of rotatable bonds is 3. The molecule has 3 atom stereocenters. The van der Waals surface area contributed by atoms with Crippen molar-refractivity contribution < 1.29 is 33.4 Å². The molecule has 2 N–H and O–H groups in total. The molecular weight excluding hydrogens is 566 g/mol. The van der Waals surface area contributed by atoms with E-state index < -0.39 is 18.2 Å². The van der Waals surface area contributed by atoms with E-state index in [1.165, 1.54) is 7.11 Å². The van der Waals surface area contributed by atoms with Crippen molar-refractivity contribution in [1.82, 2.24) is 25.4 Å². The Morgan fingerprint density at radius 2 is 1.86 bits per heavy atom. The molecule has 0 saturated carbocycles. The third-order valence-electron chi connectivity index (χ3n) is 8.32. The number of amides is 4. The minimum Gasteiger partial charge on any atom is -0.493 e. The third kappa shape index (κ3) is 7.29. The van der Waals surface area contributed by atoms with Crippen LogP contribution in [0.15, 0.2) is 36.5 Å². The van der Waals surface area contributed by atoms with Gasteiger partial charge >= 0.3 is 0 Å². The highest BCUT2D eigenvalue weighted by atomic mass is 16.5. The van der Waals surface area contributed by atoms with Gasteiger partial charge in [0.1, 0.15) is 23.9 Å². The zero-order chi connectivity index (χ0) is 31.1. The van der Waals surface area contributed by atoms with Gasteiger partial charge in [-0.2, -0.15) is 0 Å². The maximum Gasteiger partial charge on any atom is 0.272 e. The molecule has 12 heteroatoms. The van der Waals surface area contributed by atoms with Crippen LogP contribution in [-0.2, 0) is 14.3 Å². The number of aromatic nitrogens is 1. The fraction of sp³-hybridized carbons (Fsp3) is 0.531. The van der Waals surface area contributed by atoms with Crippen molar-refractivity contribution in [1.29, 1.82) is 0 Å². The van der Waals surface area contributed by atoms with Crippen LogP contribution in [-0.4, -0.2) is 103 Å². The van der Waals surface area contributed by atoms with Gasteiger partial charge < -0.3 is 34.6 Å². The lowest BCUT2D eigenvalue weighted by Crippen LogP contribution is -2.49. The average Bonchev–Trinajstić information content (AvgIpc) is 3.72. The number of fused-ring (bicyclic) bond motifs is 4. The second kappa shape index (κ2) is 14.5. The summed E-state index contributed by atoms with van der Waals surface area (Å²) >= 11 is 0. The van der Waals surface area contributed by atoms with E-state index in [1.54, 1.807) is 40.3 Å². The lowest BCUT2D eigenvalue weighted by Gasteiger charge is -2.26. The van der Waals surface area contributed by atoms with Crippen molar-refractivity contribution in [3.8, 4) is 11.5 Å². The summed E-state index contributed by atoms with van der Waals surface area (Å²) in [4.78, 5) is 60.9. The lowest BCUT2D eigenvalue weighted by atomic mass is 10.1. The van der Waals surface area contributed by atoms with Crippen molar-refractivity contribution in [3.05, 3.63) is 53.3 Å². The first-order valence-corrected chi connectivity index (χ1v) is 15.4. The zero-order valence-electron chi connectivity index (χ0n) is 25.4. The molecule has 0 aliphatic carbocycles. The van der Waals surface area contributed by atoms with E-state index >= 15 is 0 Å². The van der Waals surface area contributed by atoms with Crippen LogP contribution in [0.3, 0.4) is 0 Å². The number of hydrogen-bond acceptors (Lipinski definition) is 8. The minimum atomic E-state index is -0.721. The van der Waals surface area contributed by atoms with Gasteiger partial charge in [0.2, 0.25) is 5.91 Å². The van der Waals surface area contributed by atoms with Crippen LogP contribution in [0.25, 0.3) is 0 Å². The highest BCUT2D eigenvalue weighted by molar-refractivity contribution is 5.95. The molecule has 0 spiro atoms. The highest BCUT2D eigenvalue weighted by Gasteiger charge is 2.43. The lowest BCUT2D eigenvalue weighted by molar-refractivity contribution is -0.145. The van der Waals surface area contributed by atoms with Crippen LogP contribution in [0.1, 0.15) is 64.9 Å². The molecule has 1 aromatic heterocycles. The van der Waals surface area contributed by atoms with E-state index in [2.05, 4.69) is 15.6 Å². The van der Waals surface area contributed by atoms with Crippen LogP contribution in [0, 0.1) is 6.92 Å². The molecule has 44 heavy (non-hydrogen) atoms. The van der Waals surface area contributed by atoms with Gasteiger partial charge in [-0.3, -0.25) is 24.2 Å². The number of hydrogen-bond donors (Lipinski definition) is 2. The maximum absolute atomic E-state index is 13.4. The number of methoxy groups -OCH3 is 1. The van der Waals surface area contributed by atoms with Gasteiger partial charge in [-0.15, -0.1) is 0 Å². The molecule has 2 saturated heterocycles. The van der Waals surface area contributed by atoms with Gasteiger partial charge in [-0.05, 0) is 68.9 Å². The second-order valence-electron chi connectivity index (χ2n) is 11.4. The molecule has 5 rings (SSSR count). The van der Waals surface area contributed by atoms with Crippen LogP contribution in [0.2, 0.25) is 0 Å². The Kier molecular flexibility index (Phi) is 10.3. The molecule has 4 bridgehead atoms. The molecule has 3 aliphatic rings. The predicted octanol–water partition coefficient (Wildman–Crippen LogP) is 2.10. The van der Waals surface area contributed by atoms with E-state index in [0.717, 1.165) is 12.0 Å². The molecule has 12 nitrogen and oxygen atoms in total. The first-order chi connectivity index (χ1) is 21.4. The predicted molar refractivity (Wildman–Crippen MR) is 161 cm³/mol. The van der Waals surface area contributed by atoms with Gasteiger partial charge in [0.15, 0.2) is 11.5 Å². The summed E-state index contributed by atoms with van der Waals surface area (Å²) < 4.78 is 17.4. The molecule has 4 heterocycles. The van der Waals surface area contributed by atoms with Crippen LogP contribution >= 0.6 is 0 Å². The van der Waals surface area contributed by atoms with E-state index in [1.807, 2.05) is 13.0 Å². The largest absolute Gasteiger partial charge is 0.493 e. The molecule has 2 aromatic rings. The summed E-state index contributed by atoms with van der Waals surface area (Å²) in [5, 5.41) is 5.93. The van der Waals surface area contributed by atoms with Crippen molar-refractivity contribution >= 4 is 23.6 Å². The summed E-state index contributed by atoms with van der Waals surface area (Å²) in [6, 6.07) is 7.86. The fourth-order valence-electron chi connectivity index (χ4n) is 5.93. The molecule has 4 amide bonds. The first-order valence-electron chi connectivity index (χ1n) is 15.4. The fourth-order valence-corrected chi connectivity index (χ4v) is 5.93. The normalized spacial score (nSPS) is 23.5. The first kappa shape index (κ1) is 31.2. The highest BCUT2D eigenvalue weighted by Crippen LogP contribution is 2.33. The van der Waals surface area contributed by atoms with Gasteiger partial charge in [0.05, 0.1) is 13.7 Å².